The average molecular weight is 464 g/mol. The Bertz CT molecular complexity index is 1070. The van der Waals surface area contributed by atoms with E-state index in [0.29, 0.717) is 5.75 Å². The van der Waals surface area contributed by atoms with E-state index < -0.39 is 22.5 Å². The van der Waals surface area contributed by atoms with E-state index in [0.717, 1.165) is 17.0 Å². The number of carbonyl (C=O) groups excluding carboxylic acids is 2. The van der Waals surface area contributed by atoms with Gasteiger partial charge in [-0.1, -0.05) is 19.1 Å². The molecule has 0 aromatic heterocycles. The van der Waals surface area contributed by atoms with Gasteiger partial charge in [0.2, 0.25) is 15.9 Å². The number of carbonyl (C=O) groups is 2. The first-order chi connectivity index (χ1) is 15.1. The van der Waals surface area contributed by atoms with Gasteiger partial charge in [0.1, 0.15) is 18.0 Å². The molecule has 0 spiro atoms. The first-order valence-corrected chi connectivity index (χ1v) is 11.8. The van der Waals surface area contributed by atoms with Crippen molar-refractivity contribution < 1.29 is 27.5 Å². The normalized spacial score (nSPS) is 11.9. The van der Waals surface area contributed by atoms with Crippen molar-refractivity contribution in [2.24, 2.45) is 0 Å². The lowest BCUT2D eigenvalue weighted by Crippen LogP contribution is -2.38. The molecule has 0 radical (unpaired) electrons. The van der Waals surface area contributed by atoms with Crippen LogP contribution in [-0.2, 0) is 14.8 Å². The van der Waals surface area contributed by atoms with Crippen molar-refractivity contribution in [3.8, 4) is 11.5 Å². The molecular weight excluding hydrogens is 434 g/mol. The highest BCUT2D eigenvalue weighted by Gasteiger charge is 2.25. The zero-order valence-electron chi connectivity index (χ0n) is 18.8. The summed E-state index contributed by atoms with van der Waals surface area (Å²) < 4.78 is 36.3. The number of benzene rings is 2. The molecule has 0 unspecified atom stereocenters. The van der Waals surface area contributed by atoms with Gasteiger partial charge in [0, 0.05) is 12.1 Å². The highest BCUT2D eigenvalue weighted by Crippen LogP contribution is 2.33. The van der Waals surface area contributed by atoms with Crippen molar-refractivity contribution in [1.29, 1.82) is 0 Å². The van der Waals surface area contributed by atoms with E-state index in [-0.39, 0.29) is 34.6 Å². The number of rotatable bonds is 10. The van der Waals surface area contributed by atoms with Crippen molar-refractivity contribution in [2.45, 2.75) is 26.3 Å². The molecule has 0 bridgehead atoms. The maximum absolute atomic E-state index is 12.8. The van der Waals surface area contributed by atoms with Crippen LogP contribution in [0, 0.1) is 0 Å². The summed E-state index contributed by atoms with van der Waals surface area (Å²) in [6.07, 6.45) is 1.75. The molecule has 174 valence electrons. The zero-order valence-corrected chi connectivity index (χ0v) is 19.7. The molecule has 2 amide bonds. The Morgan fingerprint density at radius 3 is 2.38 bits per heavy atom. The fourth-order valence-corrected chi connectivity index (χ4v) is 3.75. The molecule has 2 aromatic rings. The molecule has 0 aliphatic carbocycles. The Kier molecular flexibility index (Phi) is 8.48. The Labute approximate surface area is 188 Å². The molecule has 32 heavy (non-hydrogen) atoms. The van der Waals surface area contributed by atoms with Crippen LogP contribution in [0.25, 0.3) is 0 Å². The number of hydrogen-bond acceptors (Lipinski definition) is 6. The first kappa shape index (κ1) is 25.0. The van der Waals surface area contributed by atoms with Crippen LogP contribution in [0.4, 0.5) is 11.4 Å². The lowest BCUT2D eigenvalue weighted by molar-refractivity contribution is -0.114. The summed E-state index contributed by atoms with van der Waals surface area (Å²) in [6, 6.07) is 11.1. The molecule has 10 heteroatoms. The van der Waals surface area contributed by atoms with Crippen LogP contribution in [0.2, 0.25) is 0 Å². The van der Waals surface area contributed by atoms with Gasteiger partial charge >= 0.3 is 0 Å². The van der Waals surface area contributed by atoms with E-state index in [1.807, 2.05) is 13.8 Å². The smallest absolute Gasteiger partial charge is 0.253 e. The molecule has 2 aromatic carbocycles. The second kappa shape index (κ2) is 10.9. The number of para-hydroxylation sites is 1. The van der Waals surface area contributed by atoms with Crippen molar-refractivity contribution >= 4 is 33.2 Å². The molecule has 1 atom stereocenters. The van der Waals surface area contributed by atoms with Gasteiger partial charge in [0.15, 0.2) is 0 Å². The van der Waals surface area contributed by atoms with Crippen LogP contribution in [0.5, 0.6) is 11.5 Å². The number of hydrogen-bond donors (Lipinski definition) is 2. The summed E-state index contributed by atoms with van der Waals surface area (Å²) in [5, 5.41) is 5.49. The van der Waals surface area contributed by atoms with E-state index in [2.05, 4.69) is 10.6 Å². The van der Waals surface area contributed by atoms with E-state index in [1.165, 1.54) is 26.4 Å². The van der Waals surface area contributed by atoms with Gasteiger partial charge in [-0.15, -0.1) is 0 Å². The molecular formula is C22H29N3O6S. The van der Waals surface area contributed by atoms with Crippen LogP contribution in [0.3, 0.4) is 0 Å². The molecule has 0 aliphatic rings. The summed E-state index contributed by atoms with van der Waals surface area (Å²) in [4.78, 5) is 25.4. The molecule has 0 heterocycles. The van der Waals surface area contributed by atoms with E-state index in [4.69, 9.17) is 9.47 Å². The summed E-state index contributed by atoms with van der Waals surface area (Å²) in [6.45, 7) is 3.32. The third-order valence-electron chi connectivity index (χ3n) is 4.78. The van der Waals surface area contributed by atoms with Crippen molar-refractivity contribution in [1.82, 2.24) is 5.32 Å². The van der Waals surface area contributed by atoms with E-state index in [9.17, 15) is 18.0 Å². The zero-order chi connectivity index (χ0) is 23.9. The van der Waals surface area contributed by atoms with Crippen molar-refractivity contribution in [3.63, 3.8) is 0 Å². The van der Waals surface area contributed by atoms with Crippen LogP contribution in [0.1, 0.15) is 30.6 Å². The lowest BCUT2D eigenvalue weighted by atomic mass is 10.1. The number of methoxy groups -OCH3 is 2. The van der Waals surface area contributed by atoms with Gasteiger partial charge < -0.3 is 20.1 Å². The number of amides is 2. The van der Waals surface area contributed by atoms with Gasteiger partial charge in [0.25, 0.3) is 5.91 Å². The first-order valence-electron chi connectivity index (χ1n) is 10.00. The van der Waals surface area contributed by atoms with Gasteiger partial charge in [-0.05, 0) is 37.6 Å². The molecule has 0 aliphatic heterocycles. The maximum Gasteiger partial charge on any atom is 0.253 e. The Morgan fingerprint density at radius 1 is 1.09 bits per heavy atom. The summed E-state index contributed by atoms with van der Waals surface area (Å²) in [7, 11) is -0.960. The quantitative estimate of drug-likeness (QED) is 0.560. The van der Waals surface area contributed by atoms with Crippen LogP contribution >= 0.6 is 0 Å². The molecule has 2 rings (SSSR count). The predicted octanol–water partition coefficient (Wildman–Crippen LogP) is 2.64. The number of sulfonamides is 1. The highest BCUT2D eigenvalue weighted by atomic mass is 32.2. The number of ether oxygens (including phenoxy) is 2. The third kappa shape index (κ3) is 6.36. The SMILES string of the molecule is CC[C@H](C)NC(=O)c1ccccc1NC(=O)CN(c1ccc(OC)cc1OC)S(C)(=O)=O. The van der Waals surface area contributed by atoms with E-state index >= 15 is 0 Å². The Morgan fingerprint density at radius 2 is 1.78 bits per heavy atom. The minimum absolute atomic E-state index is 0.0329. The predicted molar refractivity (Wildman–Crippen MR) is 124 cm³/mol. The molecule has 2 N–H and O–H groups in total. The summed E-state index contributed by atoms with van der Waals surface area (Å²) in [5.41, 5.74) is 0.760. The maximum atomic E-state index is 12.8. The van der Waals surface area contributed by atoms with Crippen LogP contribution in [0.15, 0.2) is 42.5 Å². The second-order valence-corrected chi connectivity index (χ2v) is 9.09. The highest BCUT2D eigenvalue weighted by molar-refractivity contribution is 7.92. The number of nitrogens with zero attached hydrogens (tertiary/aromatic N) is 1. The molecule has 0 saturated carbocycles. The number of anilines is 2. The molecule has 0 saturated heterocycles. The standard InChI is InChI=1S/C22H29N3O6S/c1-6-15(2)23-22(27)17-9-7-8-10-18(17)24-21(26)14-25(32(5,28)29)19-12-11-16(30-3)13-20(19)31-4/h7-13,15H,6,14H2,1-5H3,(H,23,27)(H,24,26)/t15-/m0/s1. The number of nitrogens with one attached hydrogen (secondary N) is 2. The molecule has 0 fully saturated rings. The fourth-order valence-electron chi connectivity index (χ4n) is 2.89. The molecule has 9 nitrogen and oxygen atoms in total. The van der Waals surface area contributed by atoms with Gasteiger partial charge in [-0.2, -0.15) is 0 Å². The topological polar surface area (TPSA) is 114 Å². The second-order valence-electron chi connectivity index (χ2n) is 7.18. The Hall–Kier alpha value is -3.27. The third-order valence-corrected chi connectivity index (χ3v) is 5.91. The van der Waals surface area contributed by atoms with Crippen LogP contribution < -0.4 is 24.4 Å². The largest absolute Gasteiger partial charge is 0.497 e. The van der Waals surface area contributed by atoms with Gasteiger partial charge in [-0.25, -0.2) is 8.42 Å². The minimum Gasteiger partial charge on any atom is -0.497 e. The minimum atomic E-state index is -3.83. The summed E-state index contributed by atoms with van der Waals surface area (Å²) >= 11 is 0. The summed E-state index contributed by atoms with van der Waals surface area (Å²) in [5.74, 6) is -0.232. The van der Waals surface area contributed by atoms with Crippen LogP contribution in [-0.4, -0.2) is 53.3 Å². The lowest BCUT2D eigenvalue weighted by Gasteiger charge is -2.24. The van der Waals surface area contributed by atoms with Crippen molar-refractivity contribution in [2.75, 3.05) is 36.6 Å². The van der Waals surface area contributed by atoms with Gasteiger partial charge in [0.05, 0.1) is 37.4 Å². The monoisotopic (exact) mass is 463 g/mol. The average Bonchev–Trinajstić information content (AvgIpc) is 2.76. The van der Waals surface area contributed by atoms with E-state index in [1.54, 1.807) is 30.3 Å². The van der Waals surface area contributed by atoms with Crippen molar-refractivity contribution in [3.05, 3.63) is 48.0 Å². The van der Waals surface area contributed by atoms with Gasteiger partial charge in [-0.3, -0.25) is 13.9 Å². The fraction of sp³-hybridized carbons (Fsp3) is 0.364. The Balaban J connectivity index is 2.30.